The summed E-state index contributed by atoms with van der Waals surface area (Å²) in [5, 5.41) is 18.0. The molecule has 1 fully saturated rings. The van der Waals surface area contributed by atoms with E-state index in [9.17, 15) is 5.26 Å². The second-order valence-corrected chi connectivity index (χ2v) is 5.77. The molecule has 0 atom stereocenters. The van der Waals surface area contributed by atoms with Crippen LogP contribution in [0.15, 0.2) is 24.5 Å². The van der Waals surface area contributed by atoms with E-state index in [-0.39, 0.29) is 0 Å². The van der Waals surface area contributed by atoms with Gasteiger partial charge in [-0.15, -0.1) is 10.2 Å². The van der Waals surface area contributed by atoms with Crippen LogP contribution in [-0.4, -0.2) is 27.9 Å². The fraction of sp³-hybridized carbons (Fsp3) is 0.400. The van der Waals surface area contributed by atoms with Crippen molar-refractivity contribution in [1.29, 1.82) is 5.26 Å². The van der Waals surface area contributed by atoms with E-state index in [0.29, 0.717) is 16.5 Å². The zero-order chi connectivity index (χ0) is 14.8. The first-order chi connectivity index (χ1) is 10.2. The van der Waals surface area contributed by atoms with Crippen molar-refractivity contribution in [1.82, 2.24) is 14.8 Å². The van der Waals surface area contributed by atoms with E-state index in [1.807, 2.05) is 23.7 Å². The minimum absolute atomic E-state index is 0.437. The summed E-state index contributed by atoms with van der Waals surface area (Å²) in [6.07, 6.45) is 3.77. The molecule has 1 aliphatic heterocycles. The van der Waals surface area contributed by atoms with E-state index in [1.54, 1.807) is 12.4 Å². The smallest absolute Gasteiger partial charge is 0.135 e. The number of nitrogens with zero attached hydrogens (tertiary/aromatic N) is 5. The van der Waals surface area contributed by atoms with Crippen molar-refractivity contribution < 1.29 is 0 Å². The molecule has 1 aliphatic rings. The maximum Gasteiger partial charge on any atom is 0.135 e. The Morgan fingerprint density at radius 2 is 2.10 bits per heavy atom. The van der Waals surface area contributed by atoms with Gasteiger partial charge in [-0.25, -0.2) is 0 Å². The molecule has 1 saturated heterocycles. The Kier molecular flexibility index (Phi) is 3.80. The van der Waals surface area contributed by atoms with Crippen LogP contribution in [0.5, 0.6) is 0 Å². The van der Waals surface area contributed by atoms with Gasteiger partial charge in [0.15, 0.2) is 0 Å². The molecule has 108 valence electrons. The molecule has 21 heavy (non-hydrogen) atoms. The normalized spacial score (nSPS) is 16.0. The van der Waals surface area contributed by atoms with Crippen molar-refractivity contribution in [2.75, 3.05) is 18.0 Å². The van der Waals surface area contributed by atoms with Crippen LogP contribution in [0.4, 0.5) is 5.69 Å². The van der Waals surface area contributed by atoms with E-state index in [4.69, 9.17) is 11.6 Å². The Bertz CT molecular complexity index is 680. The van der Waals surface area contributed by atoms with E-state index >= 15 is 0 Å². The number of anilines is 1. The maximum absolute atomic E-state index is 9.26. The first-order valence-electron chi connectivity index (χ1n) is 6.97. The SMILES string of the molecule is Cn1cnnc1C1CCN(c2ccc(Cl)cc2C#N)CC1. The van der Waals surface area contributed by atoms with Crippen molar-refractivity contribution in [3.05, 3.63) is 40.9 Å². The monoisotopic (exact) mass is 301 g/mol. The summed E-state index contributed by atoms with van der Waals surface area (Å²) >= 11 is 5.96. The Morgan fingerprint density at radius 1 is 1.33 bits per heavy atom. The Balaban J connectivity index is 1.75. The lowest BCUT2D eigenvalue weighted by molar-refractivity contribution is 0.474. The largest absolute Gasteiger partial charge is 0.370 e. The lowest BCUT2D eigenvalue weighted by Gasteiger charge is -2.33. The van der Waals surface area contributed by atoms with Crippen molar-refractivity contribution in [3.63, 3.8) is 0 Å². The van der Waals surface area contributed by atoms with E-state index in [1.165, 1.54) is 0 Å². The summed E-state index contributed by atoms with van der Waals surface area (Å²) in [7, 11) is 1.98. The first-order valence-corrected chi connectivity index (χ1v) is 7.35. The summed E-state index contributed by atoms with van der Waals surface area (Å²) in [5.41, 5.74) is 1.61. The van der Waals surface area contributed by atoms with Gasteiger partial charge in [-0.1, -0.05) is 11.6 Å². The number of halogens is 1. The molecule has 3 rings (SSSR count). The van der Waals surface area contributed by atoms with E-state index < -0.39 is 0 Å². The zero-order valence-corrected chi connectivity index (χ0v) is 12.6. The number of benzene rings is 1. The molecule has 5 nitrogen and oxygen atoms in total. The van der Waals surface area contributed by atoms with Crippen molar-refractivity contribution in [2.24, 2.45) is 7.05 Å². The number of rotatable bonds is 2. The van der Waals surface area contributed by atoms with Crippen molar-refractivity contribution >= 4 is 17.3 Å². The topological polar surface area (TPSA) is 57.7 Å². The van der Waals surface area contributed by atoms with Gasteiger partial charge in [0.2, 0.25) is 0 Å². The van der Waals surface area contributed by atoms with Crippen LogP contribution in [0, 0.1) is 11.3 Å². The van der Waals surface area contributed by atoms with Crippen LogP contribution >= 0.6 is 11.6 Å². The highest BCUT2D eigenvalue weighted by atomic mass is 35.5. The molecule has 2 heterocycles. The third-order valence-corrected chi connectivity index (χ3v) is 4.26. The molecule has 2 aromatic rings. The fourth-order valence-electron chi connectivity index (χ4n) is 2.91. The molecular weight excluding hydrogens is 286 g/mol. The summed E-state index contributed by atoms with van der Waals surface area (Å²) in [5.74, 6) is 1.48. The highest BCUT2D eigenvalue weighted by Gasteiger charge is 2.25. The summed E-state index contributed by atoms with van der Waals surface area (Å²) in [4.78, 5) is 2.25. The summed E-state index contributed by atoms with van der Waals surface area (Å²) in [6, 6.07) is 7.73. The van der Waals surface area contributed by atoms with Crippen LogP contribution < -0.4 is 4.90 Å². The van der Waals surface area contributed by atoms with Gasteiger partial charge >= 0.3 is 0 Å². The average Bonchev–Trinajstić information content (AvgIpc) is 2.93. The van der Waals surface area contributed by atoms with Gasteiger partial charge in [0.25, 0.3) is 0 Å². The minimum atomic E-state index is 0.437. The third kappa shape index (κ3) is 2.72. The van der Waals surface area contributed by atoms with Crippen LogP contribution in [0.25, 0.3) is 0 Å². The number of hydrogen-bond acceptors (Lipinski definition) is 4. The van der Waals surface area contributed by atoms with Crippen LogP contribution in [0.2, 0.25) is 5.02 Å². The van der Waals surface area contributed by atoms with Gasteiger partial charge in [-0.2, -0.15) is 5.26 Å². The molecule has 0 saturated carbocycles. The number of aromatic nitrogens is 3. The number of piperidine rings is 1. The zero-order valence-electron chi connectivity index (χ0n) is 11.8. The number of nitriles is 1. The molecule has 0 amide bonds. The lowest BCUT2D eigenvalue weighted by Crippen LogP contribution is -2.34. The molecule has 0 N–H and O–H groups in total. The Hall–Kier alpha value is -2.06. The number of hydrogen-bond donors (Lipinski definition) is 0. The van der Waals surface area contributed by atoms with Gasteiger partial charge in [-0.3, -0.25) is 0 Å². The summed E-state index contributed by atoms with van der Waals surface area (Å²) < 4.78 is 1.99. The van der Waals surface area contributed by atoms with Gasteiger partial charge < -0.3 is 9.47 Å². The molecule has 0 bridgehead atoms. The molecular formula is C15H16ClN5. The molecule has 1 aromatic carbocycles. The molecule has 0 unspecified atom stereocenters. The van der Waals surface area contributed by atoms with Crippen LogP contribution in [0.3, 0.4) is 0 Å². The van der Waals surface area contributed by atoms with E-state index in [2.05, 4.69) is 21.2 Å². The molecule has 0 spiro atoms. The molecule has 1 aromatic heterocycles. The van der Waals surface area contributed by atoms with Gasteiger partial charge in [-0.05, 0) is 31.0 Å². The maximum atomic E-state index is 9.26. The average molecular weight is 302 g/mol. The fourth-order valence-corrected chi connectivity index (χ4v) is 3.09. The lowest BCUT2D eigenvalue weighted by atomic mass is 9.95. The van der Waals surface area contributed by atoms with Crippen molar-refractivity contribution in [3.8, 4) is 6.07 Å². The summed E-state index contributed by atoms with van der Waals surface area (Å²) in [6.45, 7) is 1.82. The van der Waals surface area contributed by atoms with Crippen LogP contribution in [-0.2, 0) is 7.05 Å². The van der Waals surface area contributed by atoms with Gasteiger partial charge in [0.1, 0.15) is 18.2 Å². The first kappa shape index (κ1) is 13.9. The van der Waals surface area contributed by atoms with Gasteiger partial charge in [0.05, 0.1) is 11.3 Å². The quantitative estimate of drug-likeness (QED) is 0.856. The predicted octanol–water partition coefficient (Wildman–Crippen LogP) is 2.72. The molecule has 0 radical (unpaired) electrons. The second kappa shape index (κ2) is 5.74. The molecule has 6 heteroatoms. The Labute approximate surface area is 128 Å². The second-order valence-electron chi connectivity index (χ2n) is 5.33. The van der Waals surface area contributed by atoms with Crippen molar-refractivity contribution in [2.45, 2.75) is 18.8 Å². The highest BCUT2D eigenvalue weighted by Crippen LogP contribution is 2.31. The number of aryl methyl sites for hydroxylation is 1. The molecule has 0 aliphatic carbocycles. The highest BCUT2D eigenvalue weighted by molar-refractivity contribution is 6.30. The minimum Gasteiger partial charge on any atom is -0.370 e. The van der Waals surface area contributed by atoms with Gasteiger partial charge in [0, 0.05) is 31.1 Å². The van der Waals surface area contributed by atoms with E-state index in [0.717, 1.165) is 37.4 Å². The Morgan fingerprint density at radius 3 is 2.71 bits per heavy atom. The third-order valence-electron chi connectivity index (χ3n) is 4.03. The predicted molar refractivity (Wildman–Crippen MR) is 81.4 cm³/mol. The standard InChI is InChI=1S/C15H16ClN5/c1-20-10-18-19-15(20)11-4-6-21(7-5-11)14-3-2-13(16)8-12(14)9-17/h2-3,8,10-11H,4-7H2,1H3. The van der Waals surface area contributed by atoms with Crippen LogP contribution in [0.1, 0.15) is 30.1 Å².